The van der Waals surface area contributed by atoms with Crippen LogP contribution < -0.4 is 0 Å². The summed E-state index contributed by atoms with van der Waals surface area (Å²) in [5.41, 5.74) is 2.30. The molecule has 66 valence electrons. The highest BCUT2D eigenvalue weighted by Gasteiger charge is 2.13. The van der Waals surface area contributed by atoms with Gasteiger partial charge in [0.05, 0.1) is 6.07 Å². The van der Waals surface area contributed by atoms with Crippen LogP contribution in [0.4, 0.5) is 0 Å². The molecule has 12 heavy (non-hydrogen) atoms. The minimum atomic E-state index is 0.936. The molecule has 1 saturated heterocycles. The highest BCUT2D eigenvalue weighted by molar-refractivity contribution is 5.26. The monoisotopic (exact) mass is 164 g/mol. The van der Waals surface area contributed by atoms with Gasteiger partial charge in [0.15, 0.2) is 0 Å². The maximum Gasteiger partial charge on any atom is 0.0943 e. The molecular formula is C10H16N2. The van der Waals surface area contributed by atoms with Crippen molar-refractivity contribution in [2.24, 2.45) is 0 Å². The highest BCUT2D eigenvalue weighted by atomic mass is 15.1. The van der Waals surface area contributed by atoms with Crippen LogP contribution in [-0.4, -0.2) is 24.5 Å². The molecule has 1 aliphatic rings. The average Bonchev–Trinajstić information content (AvgIpc) is 2.17. The SMILES string of the molecule is CCN1CCC(=C(C)C#N)CC1. The normalized spacial score (nSPS) is 18.9. The van der Waals surface area contributed by atoms with E-state index in [-0.39, 0.29) is 0 Å². The number of allylic oxidation sites excluding steroid dienone is 1. The van der Waals surface area contributed by atoms with Gasteiger partial charge in [-0.15, -0.1) is 0 Å². The van der Waals surface area contributed by atoms with Crippen LogP contribution in [0.25, 0.3) is 0 Å². The zero-order chi connectivity index (χ0) is 8.97. The first-order valence-corrected chi connectivity index (χ1v) is 4.59. The van der Waals surface area contributed by atoms with E-state index in [2.05, 4.69) is 17.9 Å². The van der Waals surface area contributed by atoms with Crippen LogP contribution in [-0.2, 0) is 0 Å². The van der Waals surface area contributed by atoms with Crippen molar-refractivity contribution >= 4 is 0 Å². The molecule has 1 fully saturated rings. The molecule has 0 radical (unpaired) electrons. The summed E-state index contributed by atoms with van der Waals surface area (Å²) in [6, 6.07) is 2.23. The summed E-state index contributed by atoms with van der Waals surface area (Å²) < 4.78 is 0. The summed E-state index contributed by atoms with van der Waals surface area (Å²) >= 11 is 0. The molecule has 1 heterocycles. The second kappa shape index (κ2) is 4.27. The van der Waals surface area contributed by atoms with Crippen LogP contribution in [0.15, 0.2) is 11.1 Å². The van der Waals surface area contributed by atoms with E-state index in [4.69, 9.17) is 5.26 Å². The Morgan fingerprint density at radius 2 is 2.08 bits per heavy atom. The van der Waals surface area contributed by atoms with Crippen molar-refractivity contribution in [2.75, 3.05) is 19.6 Å². The number of nitrogens with zero attached hydrogens (tertiary/aromatic N) is 2. The topological polar surface area (TPSA) is 27.0 Å². The summed E-state index contributed by atoms with van der Waals surface area (Å²) in [6.45, 7) is 7.51. The van der Waals surface area contributed by atoms with Crippen molar-refractivity contribution in [1.29, 1.82) is 5.26 Å². The quantitative estimate of drug-likeness (QED) is 0.554. The Morgan fingerprint density at radius 1 is 1.50 bits per heavy atom. The fourth-order valence-corrected chi connectivity index (χ4v) is 1.59. The molecule has 1 rings (SSSR count). The molecule has 0 aromatic heterocycles. The fraction of sp³-hybridized carbons (Fsp3) is 0.700. The predicted molar refractivity (Wildman–Crippen MR) is 49.7 cm³/mol. The van der Waals surface area contributed by atoms with Gasteiger partial charge in [-0.05, 0) is 26.3 Å². The van der Waals surface area contributed by atoms with Crippen molar-refractivity contribution in [3.05, 3.63) is 11.1 Å². The smallest absolute Gasteiger partial charge is 0.0943 e. The maximum absolute atomic E-state index is 8.69. The Hall–Kier alpha value is -0.810. The van der Waals surface area contributed by atoms with E-state index in [1.807, 2.05) is 6.92 Å². The zero-order valence-electron chi connectivity index (χ0n) is 7.93. The van der Waals surface area contributed by atoms with E-state index in [1.165, 1.54) is 5.57 Å². The van der Waals surface area contributed by atoms with Gasteiger partial charge in [0, 0.05) is 18.7 Å². The lowest BCUT2D eigenvalue weighted by atomic mass is 9.99. The third kappa shape index (κ3) is 2.09. The third-order valence-corrected chi connectivity index (χ3v) is 2.60. The van der Waals surface area contributed by atoms with Crippen molar-refractivity contribution in [2.45, 2.75) is 26.7 Å². The van der Waals surface area contributed by atoms with E-state index >= 15 is 0 Å². The lowest BCUT2D eigenvalue weighted by molar-refractivity contribution is 0.269. The lowest BCUT2D eigenvalue weighted by Crippen LogP contribution is -2.30. The van der Waals surface area contributed by atoms with Crippen LogP contribution in [0, 0.1) is 11.3 Å². The summed E-state index contributed by atoms with van der Waals surface area (Å²) in [4.78, 5) is 2.42. The summed E-state index contributed by atoms with van der Waals surface area (Å²) in [5.74, 6) is 0. The van der Waals surface area contributed by atoms with E-state index < -0.39 is 0 Å². The number of likely N-dealkylation sites (tertiary alicyclic amines) is 1. The van der Waals surface area contributed by atoms with Gasteiger partial charge in [-0.3, -0.25) is 0 Å². The molecule has 0 unspecified atom stereocenters. The number of nitriles is 1. The van der Waals surface area contributed by atoms with E-state index in [0.29, 0.717) is 0 Å². The predicted octanol–water partition coefficient (Wildman–Crippen LogP) is 1.94. The van der Waals surface area contributed by atoms with Gasteiger partial charge in [-0.25, -0.2) is 0 Å². The van der Waals surface area contributed by atoms with Gasteiger partial charge < -0.3 is 4.90 Å². The first-order valence-electron chi connectivity index (χ1n) is 4.59. The molecule has 0 saturated carbocycles. The molecule has 2 nitrogen and oxygen atoms in total. The van der Waals surface area contributed by atoms with Crippen LogP contribution in [0.2, 0.25) is 0 Å². The van der Waals surface area contributed by atoms with Gasteiger partial charge in [-0.2, -0.15) is 5.26 Å². The molecule has 0 spiro atoms. The van der Waals surface area contributed by atoms with Crippen LogP contribution >= 0.6 is 0 Å². The number of rotatable bonds is 1. The first kappa shape index (κ1) is 9.28. The number of hydrogen-bond acceptors (Lipinski definition) is 2. The summed E-state index contributed by atoms with van der Waals surface area (Å²) in [6.07, 6.45) is 2.18. The number of hydrogen-bond donors (Lipinski definition) is 0. The van der Waals surface area contributed by atoms with Gasteiger partial charge in [0.1, 0.15) is 0 Å². The minimum Gasteiger partial charge on any atom is -0.303 e. The molecule has 0 atom stereocenters. The van der Waals surface area contributed by atoms with Gasteiger partial charge in [0.2, 0.25) is 0 Å². The first-order chi connectivity index (χ1) is 5.77. The Bertz CT molecular complexity index is 212. The van der Waals surface area contributed by atoms with E-state index in [1.54, 1.807) is 0 Å². The zero-order valence-corrected chi connectivity index (χ0v) is 7.93. The molecular weight excluding hydrogens is 148 g/mol. The lowest BCUT2D eigenvalue weighted by Gasteiger charge is -2.27. The Morgan fingerprint density at radius 3 is 2.50 bits per heavy atom. The molecule has 2 heteroatoms. The van der Waals surface area contributed by atoms with Crippen LogP contribution in [0.1, 0.15) is 26.7 Å². The summed E-state index contributed by atoms with van der Waals surface area (Å²) in [7, 11) is 0. The summed E-state index contributed by atoms with van der Waals surface area (Å²) in [5, 5.41) is 8.69. The Balaban J connectivity index is 2.52. The second-order valence-corrected chi connectivity index (χ2v) is 3.27. The third-order valence-electron chi connectivity index (χ3n) is 2.60. The van der Waals surface area contributed by atoms with Gasteiger partial charge >= 0.3 is 0 Å². The molecule has 0 bridgehead atoms. The van der Waals surface area contributed by atoms with Crippen molar-refractivity contribution in [3.63, 3.8) is 0 Å². The molecule has 0 N–H and O–H groups in total. The van der Waals surface area contributed by atoms with Gasteiger partial charge in [0.25, 0.3) is 0 Å². The Labute approximate surface area is 74.5 Å². The largest absolute Gasteiger partial charge is 0.303 e. The van der Waals surface area contributed by atoms with Crippen molar-refractivity contribution in [1.82, 2.24) is 4.90 Å². The van der Waals surface area contributed by atoms with Crippen LogP contribution in [0.3, 0.4) is 0 Å². The highest BCUT2D eigenvalue weighted by Crippen LogP contribution is 2.18. The van der Waals surface area contributed by atoms with E-state index in [0.717, 1.165) is 38.0 Å². The van der Waals surface area contributed by atoms with Crippen LogP contribution in [0.5, 0.6) is 0 Å². The fourth-order valence-electron chi connectivity index (χ4n) is 1.59. The van der Waals surface area contributed by atoms with E-state index in [9.17, 15) is 0 Å². The molecule has 0 aliphatic carbocycles. The maximum atomic E-state index is 8.69. The standard InChI is InChI=1S/C10H16N2/c1-3-12-6-4-10(5-7-12)9(2)8-11/h3-7H2,1-2H3. The van der Waals surface area contributed by atoms with Crippen molar-refractivity contribution in [3.8, 4) is 6.07 Å². The number of piperidine rings is 1. The molecule has 0 amide bonds. The average molecular weight is 164 g/mol. The molecule has 0 aromatic rings. The molecule has 1 aliphatic heterocycles. The Kier molecular flexibility index (Phi) is 3.31. The van der Waals surface area contributed by atoms with Crippen molar-refractivity contribution < 1.29 is 0 Å². The minimum absolute atomic E-state index is 0.936. The van der Waals surface area contributed by atoms with Gasteiger partial charge in [-0.1, -0.05) is 12.5 Å². The second-order valence-electron chi connectivity index (χ2n) is 3.27. The molecule has 0 aromatic carbocycles.